The monoisotopic (exact) mass is 268 g/mol. The molecule has 1 spiro atoms. The molecular formula is C14H24N2O3. The summed E-state index contributed by atoms with van der Waals surface area (Å²) in [5.41, 5.74) is -0.116. The Labute approximate surface area is 114 Å². The summed E-state index contributed by atoms with van der Waals surface area (Å²) in [5.74, 6) is 1.27. The van der Waals surface area contributed by atoms with E-state index in [4.69, 9.17) is 9.47 Å². The first-order valence-corrected chi connectivity index (χ1v) is 7.29. The predicted octanol–water partition coefficient (Wildman–Crippen LogP) is 1.19. The van der Waals surface area contributed by atoms with Crippen LogP contribution in [0.2, 0.25) is 0 Å². The van der Waals surface area contributed by atoms with E-state index in [1.807, 2.05) is 4.90 Å². The number of likely N-dealkylation sites (tertiary alicyclic amines) is 1. The zero-order valence-electron chi connectivity index (χ0n) is 11.9. The molecule has 2 heterocycles. The molecule has 1 aliphatic carbocycles. The van der Waals surface area contributed by atoms with E-state index < -0.39 is 0 Å². The highest BCUT2D eigenvalue weighted by Gasteiger charge is 2.54. The first kappa shape index (κ1) is 13.2. The predicted molar refractivity (Wildman–Crippen MR) is 71.0 cm³/mol. The molecule has 2 aliphatic heterocycles. The number of hydrogen-bond donors (Lipinski definition) is 0. The SMILES string of the molecule is CN(C)C(=O)N1CC2(C1)OCCC2COCC1CC1. The summed E-state index contributed by atoms with van der Waals surface area (Å²) in [6, 6.07) is 0.0822. The maximum Gasteiger partial charge on any atom is 0.319 e. The Balaban J connectivity index is 1.48. The van der Waals surface area contributed by atoms with Gasteiger partial charge in [0.15, 0.2) is 0 Å². The van der Waals surface area contributed by atoms with E-state index in [1.54, 1.807) is 19.0 Å². The standard InChI is InChI=1S/C14H24N2O3/c1-15(2)13(17)16-9-14(10-16)12(5-6-19-14)8-18-7-11-3-4-11/h11-12H,3-10H2,1-2H3. The van der Waals surface area contributed by atoms with Gasteiger partial charge in [0, 0.05) is 33.2 Å². The van der Waals surface area contributed by atoms with Crippen LogP contribution in [0.4, 0.5) is 4.79 Å². The van der Waals surface area contributed by atoms with E-state index >= 15 is 0 Å². The minimum Gasteiger partial charge on any atom is -0.381 e. The summed E-state index contributed by atoms with van der Waals surface area (Å²) >= 11 is 0. The molecule has 1 saturated carbocycles. The molecule has 3 fully saturated rings. The number of carbonyl (C=O) groups is 1. The summed E-state index contributed by atoms with van der Waals surface area (Å²) in [5, 5.41) is 0. The van der Waals surface area contributed by atoms with Gasteiger partial charge in [-0.1, -0.05) is 0 Å². The number of ether oxygens (including phenoxy) is 2. The van der Waals surface area contributed by atoms with Crippen LogP contribution in [0.3, 0.4) is 0 Å². The highest BCUT2D eigenvalue weighted by Crippen LogP contribution is 2.40. The third-order valence-electron chi connectivity index (χ3n) is 4.54. The smallest absolute Gasteiger partial charge is 0.319 e. The van der Waals surface area contributed by atoms with Crippen molar-refractivity contribution in [2.45, 2.75) is 24.9 Å². The number of amides is 2. The van der Waals surface area contributed by atoms with Crippen LogP contribution < -0.4 is 0 Å². The first-order chi connectivity index (χ1) is 9.11. The minimum absolute atomic E-state index is 0.0822. The summed E-state index contributed by atoms with van der Waals surface area (Å²) in [6.07, 6.45) is 3.73. The lowest BCUT2D eigenvalue weighted by molar-refractivity contribution is -0.128. The van der Waals surface area contributed by atoms with Crippen molar-refractivity contribution in [2.75, 3.05) is 47.0 Å². The fraction of sp³-hybridized carbons (Fsp3) is 0.929. The molecule has 1 atom stereocenters. The second-order valence-electron chi connectivity index (χ2n) is 6.41. The Bertz CT molecular complexity index is 349. The van der Waals surface area contributed by atoms with Crippen molar-refractivity contribution >= 4 is 6.03 Å². The Morgan fingerprint density at radius 1 is 1.32 bits per heavy atom. The molecule has 0 radical (unpaired) electrons. The van der Waals surface area contributed by atoms with Gasteiger partial charge in [0.05, 0.1) is 19.7 Å². The molecule has 0 aromatic carbocycles. The van der Waals surface area contributed by atoms with Crippen molar-refractivity contribution in [3.63, 3.8) is 0 Å². The van der Waals surface area contributed by atoms with Gasteiger partial charge >= 0.3 is 6.03 Å². The van der Waals surface area contributed by atoms with Gasteiger partial charge in [-0.15, -0.1) is 0 Å². The van der Waals surface area contributed by atoms with Crippen LogP contribution in [0.15, 0.2) is 0 Å². The van der Waals surface area contributed by atoms with Crippen molar-refractivity contribution in [3.8, 4) is 0 Å². The maximum absolute atomic E-state index is 11.8. The van der Waals surface area contributed by atoms with Gasteiger partial charge in [0.2, 0.25) is 0 Å². The highest BCUT2D eigenvalue weighted by molar-refractivity contribution is 5.75. The molecule has 0 aromatic heterocycles. The van der Waals surface area contributed by atoms with Crippen molar-refractivity contribution in [2.24, 2.45) is 11.8 Å². The summed E-state index contributed by atoms with van der Waals surface area (Å²) in [4.78, 5) is 15.3. The molecule has 0 bridgehead atoms. The normalized spacial score (nSPS) is 28.5. The second-order valence-corrected chi connectivity index (χ2v) is 6.41. The molecular weight excluding hydrogens is 244 g/mol. The number of carbonyl (C=O) groups excluding carboxylic acids is 1. The third-order valence-corrected chi connectivity index (χ3v) is 4.54. The lowest BCUT2D eigenvalue weighted by Crippen LogP contribution is -2.68. The van der Waals surface area contributed by atoms with E-state index in [1.165, 1.54) is 12.8 Å². The Morgan fingerprint density at radius 2 is 2.05 bits per heavy atom. The zero-order chi connectivity index (χ0) is 13.5. The topological polar surface area (TPSA) is 42.0 Å². The van der Waals surface area contributed by atoms with Gasteiger partial charge in [0.1, 0.15) is 5.60 Å². The molecule has 3 rings (SSSR count). The molecule has 3 aliphatic rings. The van der Waals surface area contributed by atoms with Crippen LogP contribution >= 0.6 is 0 Å². The van der Waals surface area contributed by atoms with Gasteiger partial charge in [-0.2, -0.15) is 0 Å². The van der Waals surface area contributed by atoms with Crippen molar-refractivity contribution in [1.29, 1.82) is 0 Å². The van der Waals surface area contributed by atoms with E-state index in [0.29, 0.717) is 5.92 Å². The molecule has 108 valence electrons. The molecule has 2 amide bonds. The molecule has 5 nitrogen and oxygen atoms in total. The molecule has 1 unspecified atom stereocenters. The van der Waals surface area contributed by atoms with Gasteiger partial charge in [-0.3, -0.25) is 0 Å². The van der Waals surface area contributed by atoms with Crippen LogP contribution in [0.5, 0.6) is 0 Å². The number of rotatable bonds is 4. The Morgan fingerprint density at radius 3 is 2.68 bits per heavy atom. The Hall–Kier alpha value is -0.810. The fourth-order valence-corrected chi connectivity index (χ4v) is 3.05. The van der Waals surface area contributed by atoms with E-state index in [0.717, 1.165) is 45.2 Å². The van der Waals surface area contributed by atoms with Crippen LogP contribution in [0.1, 0.15) is 19.3 Å². The van der Waals surface area contributed by atoms with E-state index in [2.05, 4.69) is 0 Å². The number of nitrogens with zero attached hydrogens (tertiary/aromatic N) is 2. The lowest BCUT2D eigenvalue weighted by Gasteiger charge is -2.50. The molecule has 5 heteroatoms. The fourth-order valence-electron chi connectivity index (χ4n) is 3.05. The van der Waals surface area contributed by atoms with Gasteiger partial charge in [-0.25, -0.2) is 4.79 Å². The van der Waals surface area contributed by atoms with Crippen molar-refractivity contribution < 1.29 is 14.3 Å². The summed E-state index contributed by atoms with van der Waals surface area (Å²) < 4.78 is 11.8. The van der Waals surface area contributed by atoms with Gasteiger partial charge in [-0.05, 0) is 25.2 Å². The van der Waals surface area contributed by atoms with Crippen LogP contribution in [-0.4, -0.2) is 68.4 Å². The maximum atomic E-state index is 11.8. The minimum atomic E-state index is -0.116. The van der Waals surface area contributed by atoms with E-state index in [9.17, 15) is 4.79 Å². The lowest BCUT2D eigenvalue weighted by atomic mass is 9.81. The highest BCUT2D eigenvalue weighted by atomic mass is 16.5. The third kappa shape index (κ3) is 2.58. The molecule has 19 heavy (non-hydrogen) atoms. The number of hydrogen-bond acceptors (Lipinski definition) is 3. The average Bonchev–Trinajstić information content (AvgIpc) is 3.04. The molecule has 0 aromatic rings. The van der Waals surface area contributed by atoms with Crippen LogP contribution in [0, 0.1) is 11.8 Å². The molecule has 0 N–H and O–H groups in total. The average molecular weight is 268 g/mol. The Kier molecular flexibility index (Phi) is 3.43. The van der Waals surface area contributed by atoms with Crippen molar-refractivity contribution in [3.05, 3.63) is 0 Å². The summed E-state index contributed by atoms with van der Waals surface area (Å²) in [7, 11) is 3.58. The molecule has 2 saturated heterocycles. The zero-order valence-corrected chi connectivity index (χ0v) is 11.9. The van der Waals surface area contributed by atoms with Crippen molar-refractivity contribution in [1.82, 2.24) is 9.80 Å². The van der Waals surface area contributed by atoms with Crippen LogP contribution in [-0.2, 0) is 9.47 Å². The quantitative estimate of drug-likeness (QED) is 0.769. The van der Waals surface area contributed by atoms with Crippen LogP contribution in [0.25, 0.3) is 0 Å². The second kappa shape index (κ2) is 4.94. The summed E-state index contributed by atoms with van der Waals surface area (Å²) in [6.45, 7) is 3.96. The van der Waals surface area contributed by atoms with E-state index in [-0.39, 0.29) is 11.6 Å². The number of urea groups is 1. The largest absolute Gasteiger partial charge is 0.381 e. The van der Waals surface area contributed by atoms with Gasteiger partial charge in [0.25, 0.3) is 0 Å². The first-order valence-electron chi connectivity index (χ1n) is 7.29. The van der Waals surface area contributed by atoms with Gasteiger partial charge < -0.3 is 19.3 Å².